The highest BCUT2D eigenvalue weighted by molar-refractivity contribution is 7.85. The molecular formula is C32H36O3S. The zero-order valence-corrected chi connectivity index (χ0v) is 22.9. The van der Waals surface area contributed by atoms with Crippen molar-refractivity contribution in [2.75, 3.05) is 0 Å². The van der Waals surface area contributed by atoms with Crippen molar-refractivity contribution in [3.05, 3.63) is 90.0 Å². The van der Waals surface area contributed by atoms with Crippen LogP contribution in [0.25, 0.3) is 33.0 Å². The Bertz CT molecular complexity index is 1510. The smallest absolute Gasteiger partial charge is 0.282 e. The van der Waals surface area contributed by atoms with Crippen LogP contribution in [0.2, 0.25) is 0 Å². The van der Waals surface area contributed by atoms with Gasteiger partial charge in [0.15, 0.2) is 0 Å². The third kappa shape index (κ3) is 4.98. The lowest BCUT2D eigenvalue weighted by atomic mass is 9.76. The maximum atomic E-state index is 12.0. The van der Waals surface area contributed by atoms with Gasteiger partial charge in [-0.1, -0.05) is 84.0 Å². The van der Waals surface area contributed by atoms with Crippen molar-refractivity contribution in [3.8, 4) is 22.3 Å². The molecule has 4 heteroatoms. The molecule has 0 aliphatic heterocycles. The van der Waals surface area contributed by atoms with E-state index in [9.17, 15) is 13.0 Å². The molecule has 4 aromatic carbocycles. The monoisotopic (exact) mass is 500 g/mol. The summed E-state index contributed by atoms with van der Waals surface area (Å²) in [5.41, 5.74) is 6.40. The fourth-order valence-corrected chi connectivity index (χ4v) is 5.10. The minimum Gasteiger partial charge on any atom is -0.282 e. The predicted molar refractivity (Wildman–Crippen MR) is 151 cm³/mol. The molecule has 0 unspecified atom stereocenters. The van der Waals surface area contributed by atoms with Crippen LogP contribution in [0.1, 0.15) is 65.5 Å². The maximum Gasteiger partial charge on any atom is 0.294 e. The van der Waals surface area contributed by atoms with Gasteiger partial charge >= 0.3 is 0 Å². The van der Waals surface area contributed by atoms with Gasteiger partial charge in [0, 0.05) is 0 Å². The van der Waals surface area contributed by atoms with Gasteiger partial charge in [0.1, 0.15) is 0 Å². The van der Waals surface area contributed by atoms with Crippen LogP contribution in [0.3, 0.4) is 0 Å². The molecule has 1 N–H and O–H groups in total. The zero-order chi connectivity index (χ0) is 26.3. The topological polar surface area (TPSA) is 54.4 Å². The summed E-state index contributed by atoms with van der Waals surface area (Å²) in [6.07, 6.45) is 1.95. The number of rotatable bonds is 7. The van der Waals surface area contributed by atoms with Gasteiger partial charge < -0.3 is 0 Å². The molecule has 0 fully saturated rings. The third-order valence-electron chi connectivity index (χ3n) is 7.93. The number of hydrogen-bond acceptors (Lipinski definition) is 2. The van der Waals surface area contributed by atoms with Crippen LogP contribution in [0, 0.1) is 0 Å². The first-order valence-electron chi connectivity index (χ1n) is 12.6. The first-order valence-corrected chi connectivity index (χ1v) is 14.1. The summed E-state index contributed by atoms with van der Waals surface area (Å²) in [5, 5.41) is 2.22. The van der Waals surface area contributed by atoms with Gasteiger partial charge in [-0.05, 0) is 104 Å². The highest BCUT2D eigenvalue weighted by Gasteiger charge is 2.25. The van der Waals surface area contributed by atoms with Crippen molar-refractivity contribution in [2.45, 2.75) is 70.1 Å². The zero-order valence-electron chi connectivity index (χ0n) is 22.1. The van der Waals surface area contributed by atoms with E-state index >= 15 is 0 Å². The lowest BCUT2D eigenvalue weighted by Crippen LogP contribution is -2.17. The van der Waals surface area contributed by atoms with E-state index in [2.05, 4.69) is 90.1 Å². The molecule has 188 valence electrons. The Morgan fingerprint density at radius 1 is 0.639 bits per heavy atom. The molecule has 0 saturated carbocycles. The molecule has 0 spiro atoms. The largest absolute Gasteiger partial charge is 0.294 e. The van der Waals surface area contributed by atoms with Gasteiger partial charge in [0.05, 0.1) is 4.90 Å². The number of fused-ring (bicyclic) bond motifs is 1. The molecule has 0 heterocycles. The van der Waals surface area contributed by atoms with Crippen molar-refractivity contribution in [2.24, 2.45) is 0 Å². The molecule has 3 nitrogen and oxygen atoms in total. The summed E-state index contributed by atoms with van der Waals surface area (Å²) in [6, 6.07) is 26.2. The van der Waals surface area contributed by atoms with Crippen LogP contribution in [0.4, 0.5) is 0 Å². The van der Waals surface area contributed by atoms with E-state index in [1.807, 2.05) is 12.1 Å². The molecule has 4 aromatic rings. The van der Waals surface area contributed by atoms with Gasteiger partial charge in [-0.3, -0.25) is 4.55 Å². The summed E-state index contributed by atoms with van der Waals surface area (Å²) in [5.74, 6) is 0. The summed E-state index contributed by atoms with van der Waals surface area (Å²) < 4.78 is 33.7. The van der Waals surface area contributed by atoms with Gasteiger partial charge in [-0.15, -0.1) is 0 Å². The SMILES string of the molecule is CCC(C)(C)c1cc(-c2cccc(S(=O)(=O)O)c2)c2cc(C(C)(C)CC)cc(-c3ccccc3)c2c1. The fourth-order valence-electron chi connectivity index (χ4n) is 4.57. The molecule has 0 bridgehead atoms. The molecule has 0 aliphatic rings. The molecule has 36 heavy (non-hydrogen) atoms. The molecule has 0 aromatic heterocycles. The summed E-state index contributed by atoms with van der Waals surface area (Å²) >= 11 is 0. The second-order valence-corrected chi connectivity index (χ2v) is 12.4. The van der Waals surface area contributed by atoms with E-state index in [-0.39, 0.29) is 15.7 Å². The Morgan fingerprint density at radius 2 is 1.11 bits per heavy atom. The predicted octanol–water partition coefficient (Wildman–Crippen LogP) is 8.80. The summed E-state index contributed by atoms with van der Waals surface area (Å²) in [6.45, 7) is 13.4. The van der Waals surface area contributed by atoms with Gasteiger partial charge in [0.25, 0.3) is 10.1 Å². The van der Waals surface area contributed by atoms with Crippen molar-refractivity contribution in [3.63, 3.8) is 0 Å². The van der Waals surface area contributed by atoms with E-state index in [1.54, 1.807) is 12.1 Å². The average Bonchev–Trinajstić information content (AvgIpc) is 2.87. The molecule has 0 radical (unpaired) electrons. The van der Waals surface area contributed by atoms with Gasteiger partial charge in [-0.25, -0.2) is 0 Å². The maximum absolute atomic E-state index is 12.0. The Balaban J connectivity index is 2.19. The summed E-state index contributed by atoms with van der Waals surface area (Å²) in [7, 11) is -4.32. The minimum absolute atomic E-state index is 0.0351. The lowest BCUT2D eigenvalue weighted by molar-refractivity contribution is 0.483. The molecule has 0 atom stereocenters. The first kappa shape index (κ1) is 26.1. The Kier molecular flexibility index (Phi) is 6.89. The normalized spacial score (nSPS) is 12.8. The standard InChI is InChI=1S/C32H36O3S/c1-7-31(3,4)24-18-27(22-13-10-9-11-14-22)29-20-25(32(5,6)8-2)19-28(30(29)21-24)23-15-12-16-26(17-23)36(33,34)35/h9-21H,7-8H2,1-6H3,(H,33,34,35). The molecular weight excluding hydrogens is 464 g/mol. The third-order valence-corrected chi connectivity index (χ3v) is 8.78. The number of benzene rings is 4. The van der Waals surface area contributed by atoms with Gasteiger partial charge in [-0.2, -0.15) is 8.42 Å². The quantitative estimate of drug-likeness (QED) is 0.258. The van der Waals surface area contributed by atoms with Crippen molar-refractivity contribution >= 4 is 20.9 Å². The fraction of sp³-hybridized carbons (Fsp3) is 0.312. The second kappa shape index (κ2) is 9.49. The van der Waals surface area contributed by atoms with Crippen LogP contribution in [0.5, 0.6) is 0 Å². The number of hydrogen-bond donors (Lipinski definition) is 1. The lowest BCUT2D eigenvalue weighted by Gasteiger charge is -2.28. The van der Waals surface area contributed by atoms with E-state index in [0.717, 1.165) is 40.3 Å². The second-order valence-electron chi connectivity index (χ2n) is 11.0. The van der Waals surface area contributed by atoms with Crippen LogP contribution < -0.4 is 0 Å². The van der Waals surface area contributed by atoms with Gasteiger partial charge in [0.2, 0.25) is 0 Å². The Morgan fingerprint density at radius 3 is 1.58 bits per heavy atom. The molecule has 4 rings (SSSR count). The van der Waals surface area contributed by atoms with Crippen molar-refractivity contribution < 1.29 is 13.0 Å². The van der Waals surface area contributed by atoms with Crippen LogP contribution in [-0.2, 0) is 20.9 Å². The average molecular weight is 501 g/mol. The Hall–Kier alpha value is -2.95. The van der Waals surface area contributed by atoms with Crippen molar-refractivity contribution in [1.29, 1.82) is 0 Å². The van der Waals surface area contributed by atoms with Crippen LogP contribution in [0.15, 0.2) is 83.8 Å². The first-order chi connectivity index (χ1) is 16.9. The molecule has 0 aliphatic carbocycles. The van der Waals surface area contributed by atoms with E-state index in [4.69, 9.17) is 0 Å². The highest BCUT2D eigenvalue weighted by atomic mass is 32.2. The van der Waals surface area contributed by atoms with E-state index in [1.165, 1.54) is 22.8 Å². The minimum atomic E-state index is -4.32. The van der Waals surface area contributed by atoms with Crippen LogP contribution >= 0.6 is 0 Å². The highest BCUT2D eigenvalue weighted by Crippen LogP contribution is 2.43. The Labute approximate surface area is 216 Å². The van der Waals surface area contributed by atoms with E-state index < -0.39 is 10.1 Å². The molecule has 0 saturated heterocycles. The van der Waals surface area contributed by atoms with Crippen LogP contribution in [-0.4, -0.2) is 13.0 Å². The van der Waals surface area contributed by atoms with Crippen molar-refractivity contribution in [1.82, 2.24) is 0 Å². The molecule has 0 amide bonds. The van der Waals surface area contributed by atoms with E-state index in [0.29, 0.717) is 0 Å². The summed E-state index contributed by atoms with van der Waals surface area (Å²) in [4.78, 5) is -0.0957.